The van der Waals surface area contributed by atoms with Crippen molar-refractivity contribution in [1.82, 2.24) is 10.6 Å². The van der Waals surface area contributed by atoms with Gasteiger partial charge < -0.3 is 26.0 Å². The number of nitrogens with one attached hydrogen (secondary N) is 2. The van der Waals surface area contributed by atoms with E-state index in [0.29, 0.717) is 5.92 Å². The fourth-order valence-corrected chi connectivity index (χ4v) is 3.60. The predicted octanol–water partition coefficient (Wildman–Crippen LogP) is 3.07. The Morgan fingerprint density at radius 2 is 1.56 bits per heavy atom. The predicted molar refractivity (Wildman–Crippen MR) is 148 cm³/mol. The second-order valence-corrected chi connectivity index (χ2v) is 9.56. The van der Waals surface area contributed by atoms with Gasteiger partial charge in [0.2, 0.25) is 11.8 Å². The summed E-state index contributed by atoms with van der Waals surface area (Å²) < 4.78 is 0. The van der Waals surface area contributed by atoms with Gasteiger partial charge in [-0.1, -0.05) is 68.5 Å². The van der Waals surface area contributed by atoms with Crippen LogP contribution in [0.1, 0.15) is 46.0 Å². The molecule has 0 aromatic rings. The van der Waals surface area contributed by atoms with E-state index >= 15 is 0 Å². The molecule has 9 heteroatoms. The number of aliphatic hydroxyl groups is 3. The lowest BCUT2D eigenvalue weighted by Crippen LogP contribution is -2.46. The normalized spacial score (nSPS) is 22.7. The summed E-state index contributed by atoms with van der Waals surface area (Å²) in [7, 11) is 0. The van der Waals surface area contributed by atoms with Crippen molar-refractivity contribution in [1.29, 1.82) is 0 Å². The number of amides is 2. The van der Waals surface area contributed by atoms with Gasteiger partial charge >= 0.3 is 0 Å². The maximum atomic E-state index is 12.3. The number of Topliss-reactive ketones (excluding diaryl/α,β-unsaturated/α-hetero) is 2. The molecule has 2 atom stereocenters. The van der Waals surface area contributed by atoms with Crippen LogP contribution in [0.2, 0.25) is 0 Å². The molecule has 0 aromatic heterocycles. The Bertz CT molecular complexity index is 1180. The maximum Gasteiger partial charge on any atom is 0.248 e. The zero-order valence-corrected chi connectivity index (χ0v) is 22.2. The number of hydrogen-bond acceptors (Lipinski definition) is 7. The van der Waals surface area contributed by atoms with Gasteiger partial charge in [0.05, 0.1) is 11.8 Å². The van der Waals surface area contributed by atoms with Crippen molar-refractivity contribution in [2.75, 3.05) is 0 Å². The smallest absolute Gasteiger partial charge is 0.248 e. The van der Waals surface area contributed by atoms with E-state index in [4.69, 9.17) is 0 Å². The lowest BCUT2D eigenvalue weighted by atomic mass is 9.85. The lowest BCUT2D eigenvalue weighted by molar-refractivity contribution is -0.124. The fraction of sp³-hybridized carbons (Fsp3) is 0.333. The van der Waals surface area contributed by atoms with Gasteiger partial charge in [-0.2, -0.15) is 0 Å². The number of ketones is 2. The van der Waals surface area contributed by atoms with E-state index in [1.54, 1.807) is 12.2 Å². The molecule has 208 valence electrons. The van der Waals surface area contributed by atoms with E-state index in [-0.39, 0.29) is 42.2 Å². The maximum absolute atomic E-state index is 12.3. The van der Waals surface area contributed by atoms with Gasteiger partial charge in [0.15, 0.2) is 11.6 Å². The molecule has 0 spiro atoms. The molecule has 0 saturated heterocycles. The van der Waals surface area contributed by atoms with Gasteiger partial charge in [0.1, 0.15) is 17.1 Å². The van der Waals surface area contributed by atoms with Gasteiger partial charge in [-0.25, -0.2) is 0 Å². The monoisotopic (exact) mass is 536 g/mol. The number of hydrogen-bond donors (Lipinski definition) is 5. The molecule has 39 heavy (non-hydrogen) atoms. The molecule has 0 heterocycles. The van der Waals surface area contributed by atoms with Gasteiger partial charge in [0, 0.05) is 31.4 Å². The van der Waals surface area contributed by atoms with Crippen molar-refractivity contribution < 1.29 is 34.5 Å². The fourth-order valence-electron chi connectivity index (χ4n) is 3.60. The van der Waals surface area contributed by atoms with Crippen LogP contribution < -0.4 is 10.6 Å². The van der Waals surface area contributed by atoms with Gasteiger partial charge in [-0.15, -0.1) is 0 Å². The summed E-state index contributed by atoms with van der Waals surface area (Å²) in [6, 6.07) is 0. The molecule has 0 aromatic carbocycles. The third-order valence-electron chi connectivity index (χ3n) is 5.82. The van der Waals surface area contributed by atoms with E-state index in [2.05, 4.69) is 24.5 Å². The van der Waals surface area contributed by atoms with Crippen molar-refractivity contribution in [3.05, 3.63) is 96.1 Å². The summed E-state index contributed by atoms with van der Waals surface area (Å²) >= 11 is 0. The number of aliphatic hydroxyl groups excluding tert-OH is 2. The summed E-state index contributed by atoms with van der Waals surface area (Å²) in [4.78, 5) is 47.9. The molecule has 2 aliphatic carbocycles. The van der Waals surface area contributed by atoms with Crippen molar-refractivity contribution in [2.45, 2.75) is 57.7 Å². The molecule has 2 rings (SSSR count). The minimum Gasteiger partial charge on any atom is -0.510 e. The lowest BCUT2D eigenvalue weighted by Gasteiger charge is -2.31. The van der Waals surface area contributed by atoms with Crippen LogP contribution in [0.15, 0.2) is 96.1 Å². The molecule has 0 bridgehead atoms. The first-order valence-electron chi connectivity index (χ1n) is 12.8. The Hall–Kier alpha value is -4.08. The van der Waals surface area contributed by atoms with E-state index in [9.17, 15) is 34.5 Å². The highest BCUT2D eigenvalue weighted by molar-refractivity contribution is 6.03. The highest BCUT2D eigenvalue weighted by Crippen LogP contribution is 2.25. The summed E-state index contributed by atoms with van der Waals surface area (Å²) in [5.74, 6) is -1.50. The summed E-state index contributed by atoms with van der Waals surface area (Å²) in [6.45, 7) is 4.32. The number of carbonyl (C=O) groups is 4. The first-order chi connectivity index (χ1) is 18.5. The Labute approximate surface area is 228 Å². The van der Waals surface area contributed by atoms with Crippen molar-refractivity contribution >= 4 is 23.4 Å². The van der Waals surface area contributed by atoms with Crippen molar-refractivity contribution in [3.8, 4) is 0 Å². The first kappa shape index (κ1) is 31.1. The van der Waals surface area contributed by atoms with Crippen LogP contribution in [0, 0.1) is 5.92 Å². The average molecular weight is 537 g/mol. The molecule has 0 fully saturated rings. The topological polar surface area (TPSA) is 153 Å². The van der Waals surface area contributed by atoms with Crippen molar-refractivity contribution in [3.63, 3.8) is 0 Å². The van der Waals surface area contributed by atoms with Gasteiger partial charge in [-0.3, -0.25) is 19.2 Å². The summed E-state index contributed by atoms with van der Waals surface area (Å²) in [6.07, 6.45) is 20.1. The molecule has 0 unspecified atom stereocenters. The molecule has 0 aliphatic heterocycles. The van der Waals surface area contributed by atoms with E-state index in [0.717, 1.165) is 25.0 Å². The van der Waals surface area contributed by atoms with Gasteiger partial charge in [0.25, 0.3) is 0 Å². The Morgan fingerprint density at radius 1 is 0.949 bits per heavy atom. The number of allylic oxidation sites excluding steroid dienone is 12. The van der Waals surface area contributed by atoms with Crippen molar-refractivity contribution in [2.24, 2.45) is 5.92 Å². The second kappa shape index (κ2) is 15.4. The zero-order chi connectivity index (χ0) is 28.8. The number of carbonyl (C=O) groups excluding carboxylic acids is 4. The molecule has 2 amide bonds. The molecule has 0 saturated carbocycles. The third-order valence-corrected chi connectivity index (χ3v) is 5.82. The highest BCUT2D eigenvalue weighted by atomic mass is 16.3. The third kappa shape index (κ3) is 10.7. The van der Waals surface area contributed by atoms with E-state index < -0.39 is 29.3 Å². The molecule has 0 radical (unpaired) electrons. The van der Waals surface area contributed by atoms with E-state index in [1.807, 2.05) is 12.2 Å². The molecular weight excluding hydrogens is 500 g/mol. The summed E-state index contributed by atoms with van der Waals surface area (Å²) in [5.41, 5.74) is -2.12. The van der Waals surface area contributed by atoms with Crippen LogP contribution in [0.3, 0.4) is 0 Å². The number of rotatable bonds is 12. The minimum atomic E-state index is -1.90. The summed E-state index contributed by atoms with van der Waals surface area (Å²) in [5, 5.41) is 35.4. The van der Waals surface area contributed by atoms with Crippen LogP contribution in [0.4, 0.5) is 0 Å². The quantitative estimate of drug-likeness (QED) is 0.190. The van der Waals surface area contributed by atoms with Crippen LogP contribution in [-0.4, -0.2) is 50.4 Å². The Morgan fingerprint density at radius 3 is 2.18 bits per heavy atom. The highest BCUT2D eigenvalue weighted by Gasteiger charge is 2.38. The van der Waals surface area contributed by atoms with Crippen LogP contribution in [0.5, 0.6) is 0 Å². The minimum absolute atomic E-state index is 0.0945. The van der Waals surface area contributed by atoms with Crippen LogP contribution in [-0.2, 0) is 19.2 Å². The average Bonchev–Trinajstić information content (AvgIpc) is 3.18. The molecule has 2 aliphatic rings. The Kier molecular flexibility index (Phi) is 12.3. The van der Waals surface area contributed by atoms with Crippen LogP contribution in [0.25, 0.3) is 0 Å². The second-order valence-electron chi connectivity index (χ2n) is 9.56. The zero-order valence-electron chi connectivity index (χ0n) is 22.2. The van der Waals surface area contributed by atoms with E-state index in [1.165, 1.54) is 42.5 Å². The Balaban J connectivity index is 1.92. The first-order valence-corrected chi connectivity index (χ1v) is 12.8. The molecular formula is C30H36N2O7. The SMILES string of the molecule is CC(C)CC/C=C/C=C/C=C/C(=O)NC1=C[C@@](O)(/C=C/C=C/C=C/C(=O)NC2=C(O)CCC2=O)[C@H](O)CC1=O. The standard InChI is InChI=1S/C30H36N2O7/c1-21(2)13-9-5-3-4-6-10-14-27(37)31-22-20-30(39,26(36)19-25(22)35)18-12-8-7-11-15-28(38)32-29-23(33)16-17-24(29)34/h3-8,10-12,14-15,18,20-21,26,33,36,39H,9,13,16-17,19H2,1-2H3,(H,31,37)(H,32,38)/b5-3+,6-4+,8-7+,14-10+,15-11+,18-12+/t26-,30+/m1/s1. The van der Waals surface area contributed by atoms with Gasteiger partial charge in [-0.05, 0) is 30.9 Å². The molecule has 9 nitrogen and oxygen atoms in total. The molecule has 5 N–H and O–H groups in total. The largest absolute Gasteiger partial charge is 0.510 e. The van der Waals surface area contributed by atoms with Crippen LogP contribution >= 0.6 is 0 Å².